The Labute approximate surface area is 187 Å². The standard InChI is InChI=1S/C20H34N4O2S.HI/c1-15(2)23-27(25,26)14-19-8-6-18(7-9-19)11-22-20(21-5)24-12-16(3)10-17(4)13-24;/h6-9,15-17,23H,10-14H2,1-5H3,(H,21,22);1H. The summed E-state index contributed by atoms with van der Waals surface area (Å²) in [5.74, 6) is 2.28. The number of guanidine groups is 1. The normalized spacial score (nSPS) is 20.8. The monoisotopic (exact) mass is 522 g/mol. The molecule has 2 atom stereocenters. The highest BCUT2D eigenvalue weighted by Gasteiger charge is 2.23. The molecule has 8 heteroatoms. The zero-order chi connectivity index (χ0) is 20.0. The molecule has 0 spiro atoms. The molecule has 1 saturated heterocycles. The molecule has 1 aliphatic heterocycles. The average molecular weight is 522 g/mol. The Hall–Kier alpha value is -0.870. The molecule has 1 heterocycles. The number of sulfonamides is 1. The number of benzene rings is 1. The van der Waals surface area contributed by atoms with Crippen LogP contribution >= 0.6 is 24.0 Å². The Morgan fingerprint density at radius 2 is 1.68 bits per heavy atom. The van der Waals surface area contributed by atoms with Gasteiger partial charge in [-0.25, -0.2) is 13.1 Å². The van der Waals surface area contributed by atoms with Crippen molar-refractivity contribution in [2.45, 2.75) is 52.5 Å². The Morgan fingerprint density at radius 3 is 2.18 bits per heavy atom. The molecule has 2 unspecified atom stereocenters. The van der Waals surface area contributed by atoms with Gasteiger partial charge in [0.15, 0.2) is 5.96 Å². The average Bonchev–Trinajstić information content (AvgIpc) is 2.54. The number of nitrogens with one attached hydrogen (secondary N) is 2. The third kappa shape index (κ3) is 8.24. The smallest absolute Gasteiger partial charge is 0.216 e. The Morgan fingerprint density at radius 1 is 1.14 bits per heavy atom. The minimum absolute atomic E-state index is 0. The van der Waals surface area contributed by atoms with Crippen LogP contribution in [-0.4, -0.2) is 45.5 Å². The summed E-state index contributed by atoms with van der Waals surface area (Å²) in [6.45, 7) is 11.0. The van der Waals surface area contributed by atoms with E-state index in [-0.39, 0.29) is 35.8 Å². The Kier molecular flexibility index (Phi) is 10.2. The molecule has 6 nitrogen and oxygen atoms in total. The van der Waals surface area contributed by atoms with Gasteiger partial charge in [0.1, 0.15) is 0 Å². The van der Waals surface area contributed by atoms with E-state index < -0.39 is 10.0 Å². The van der Waals surface area contributed by atoms with Gasteiger partial charge in [0.25, 0.3) is 0 Å². The van der Waals surface area contributed by atoms with Gasteiger partial charge in [0, 0.05) is 32.7 Å². The lowest BCUT2D eigenvalue weighted by Crippen LogP contribution is -2.48. The van der Waals surface area contributed by atoms with Crippen LogP contribution in [0, 0.1) is 11.8 Å². The minimum atomic E-state index is -3.29. The first-order chi connectivity index (χ1) is 12.7. The Balaban J connectivity index is 0.00000392. The number of halogens is 1. The molecule has 2 N–H and O–H groups in total. The molecule has 0 radical (unpaired) electrons. The predicted octanol–water partition coefficient (Wildman–Crippen LogP) is 3.19. The second-order valence-electron chi connectivity index (χ2n) is 8.10. The number of hydrogen-bond acceptors (Lipinski definition) is 3. The number of nitrogens with zero attached hydrogens (tertiary/aromatic N) is 2. The molecule has 0 bridgehead atoms. The number of hydrogen-bond donors (Lipinski definition) is 2. The first-order valence-corrected chi connectivity index (χ1v) is 11.4. The van der Waals surface area contributed by atoms with Crippen molar-refractivity contribution in [2.75, 3.05) is 20.1 Å². The maximum Gasteiger partial charge on any atom is 0.216 e. The van der Waals surface area contributed by atoms with Crippen LogP contribution in [0.2, 0.25) is 0 Å². The van der Waals surface area contributed by atoms with Gasteiger partial charge in [-0.1, -0.05) is 38.1 Å². The van der Waals surface area contributed by atoms with Crippen molar-refractivity contribution in [3.05, 3.63) is 35.4 Å². The van der Waals surface area contributed by atoms with Crippen LogP contribution in [0.1, 0.15) is 45.2 Å². The van der Waals surface area contributed by atoms with Gasteiger partial charge in [0.2, 0.25) is 10.0 Å². The fourth-order valence-corrected chi connectivity index (χ4v) is 5.16. The molecule has 0 aromatic heterocycles. The first kappa shape index (κ1) is 25.2. The summed E-state index contributed by atoms with van der Waals surface area (Å²) in [6.07, 6.45) is 1.27. The maximum absolute atomic E-state index is 12.0. The summed E-state index contributed by atoms with van der Waals surface area (Å²) in [5.41, 5.74) is 1.89. The van der Waals surface area contributed by atoms with E-state index in [1.54, 1.807) is 0 Å². The van der Waals surface area contributed by atoms with Crippen molar-refractivity contribution >= 4 is 40.0 Å². The van der Waals surface area contributed by atoms with Gasteiger partial charge in [0.05, 0.1) is 5.75 Å². The fraction of sp³-hybridized carbons (Fsp3) is 0.650. The summed E-state index contributed by atoms with van der Waals surface area (Å²) in [5, 5.41) is 3.44. The number of likely N-dealkylation sites (tertiary alicyclic amines) is 1. The molecule has 1 aliphatic rings. The lowest BCUT2D eigenvalue weighted by atomic mass is 9.92. The van der Waals surface area contributed by atoms with Crippen molar-refractivity contribution < 1.29 is 8.42 Å². The van der Waals surface area contributed by atoms with Crippen molar-refractivity contribution in [1.82, 2.24) is 14.9 Å². The van der Waals surface area contributed by atoms with Crippen molar-refractivity contribution in [1.29, 1.82) is 0 Å². The van der Waals surface area contributed by atoms with Gasteiger partial charge >= 0.3 is 0 Å². The highest BCUT2D eigenvalue weighted by molar-refractivity contribution is 14.0. The molecule has 1 fully saturated rings. The van der Waals surface area contributed by atoms with Crippen molar-refractivity contribution in [3.8, 4) is 0 Å². The predicted molar refractivity (Wildman–Crippen MR) is 127 cm³/mol. The van der Waals surface area contributed by atoms with Crippen LogP contribution in [-0.2, 0) is 22.3 Å². The second-order valence-corrected chi connectivity index (χ2v) is 9.85. The van der Waals surface area contributed by atoms with E-state index in [4.69, 9.17) is 0 Å². The largest absolute Gasteiger partial charge is 0.352 e. The van der Waals surface area contributed by atoms with E-state index in [1.165, 1.54) is 6.42 Å². The maximum atomic E-state index is 12.0. The van der Waals surface area contributed by atoms with Gasteiger partial charge < -0.3 is 10.2 Å². The first-order valence-electron chi connectivity index (χ1n) is 9.72. The SMILES string of the molecule is CN=C(NCc1ccc(CS(=O)(=O)NC(C)C)cc1)N1CC(C)CC(C)C1.I. The highest BCUT2D eigenvalue weighted by atomic mass is 127. The molecule has 160 valence electrons. The molecule has 0 aliphatic carbocycles. The third-order valence-corrected chi connectivity index (χ3v) is 6.17. The van der Waals surface area contributed by atoms with Crippen LogP contribution in [0.5, 0.6) is 0 Å². The summed E-state index contributed by atoms with van der Waals surface area (Å²) < 4.78 is 26.7. The number of aliphatic imine (C=N–C) groups is 1. The van der Waals surface area contributed by atoms with E-state index in [2.05, 4.69) is 33.8 Å². The van der Waals surface area contributed by atoms with Crippen LogP contribution in [0.4, 0.5) is 0 Å². The summed E-state index contributed by atoms with van der Waals surface area (Å²) >= 11 is 0. The van der Waals surface area contributed by atoms with E-state index >= 15 is 0 Å². The van der Waals surface area contributed by atoms with Gasteiger partial charge in [-0.2, -0.15) is 0 Å². The molecule has 28 heavy (non-hydrogen) atoms. The highest BCUT2D eigenvalue weighted by Crippen LogP contribution is 2.21. The fourth-order valence-electron chi connectivity index (χ4n) is 3.72. The van der Waals surface area contributed by atoms with Crippen LogP contribution in [0.25, 0.3) is 0 Å². The summed E-state index contributed by atoms with van der Waals surface area (Å²) in [4.78, 5) is 6.76. The van der Waals surface area contributed by atoms with Crippen LogP contribution < -0.4 is 10.0 Å². The molecule has 1 aromatic carbocycles. The topological polar surface area (TPSA) is 73.8 Å². The zero-order valence-corrected chi connectivity index (χ0v) is 20.8. The Bertz CT molecular complexity index is 725. The molecular formula is C20H35IN4O2S. The minimum Gasteiger partial charge on any atom is -0.352 e. The number of piperidine rings is 1. The second kappa shape index (κ2) is 11.3. The molecule has 0 amide bonds. The van der Waals surface area contributed by atoms with Crippen LogP contribution in [0.15, 0.2) is 29.3 Å². The van der Waals surface area contributed by atoms with Gasteiger partial charge in [-0.3, -0.25) is 4.99 Å². The van der Waals surface area contributed by atoms with E-state index in [1.807, 2.05) is 45.2 Å². The van der Waals surface area contributed by atoms with Gasteiger partial charge in [-0.05, 0) is 43.2 Å². The molecular weight excluding hydrogens is 487 g/mol. The lowest BCUT2D eigenvalue weighted by molar-refractivity contribution is 0.208. The molecule has 2 rings (SSSR count). The van der Waals surface area contributed by atoms with E-state index in [0.29, 0.717) is 18.4 Å². The van der Waals surface area contributed by atoms with Crippen LogP contribution in [0.3, 0.4) is 0 Å². The van der Waals surface area contributed by atoms with Crippen molar-refractivity contribution in [3.63, 3.8) is 0 Å². The van der Waals surface area contributed by atoms with E-state index in [0.717, 1.165) is 30.2 Å². The van der Waals surface area contributed by atoms with Crippen molar-refractivity contribution in [2.24, 2.45) is 16.8 Å². The number of rotatable bonds is 6. The summed E-state index contributed by atoms with van der Waals surface area (Å²) in [7, 11) is -1.47. The quantitative estimate of drug-likeness (QED) is 0.342. The zero-order valence-electron chi connectivity index (χ0n) is 17.6. The third-order valence-electron chi connectivity index (χ3n) is 4.63. The van der Waals surface area contributed by atoms with Gasteiger partial charge in [-0.15, -0.1) is 24.0 Å². The van der Waals surface area contributed by atoms with E-state index in [9.17, 15) is 8.42 Å². The lowest BCUT2D eigenvalue weighted by Gasteiger charge is -2.37. The molecule has 1 aromatic rings. The molecule has 0 saturated carbocycles. The summed E-state index contributed by atoms with van der Waals surface area (Å²) in [6, 6.07) is 7.61.